The molecule has 1 aromatic carbocycles. The Labute approximate surface area is 110 Å². The molecule has 2 rings (SSSR count). The highest BCUT2D eigenvalue weighted by molar-refractivity contribution is 5.51. The van der Waals surface area contributed by atoms with Crippen molar-refractivity contribution in [1.29, 1.82) is 0 Å². The molecule has 2 N–H and O–H groups in total. The average Bonchev–Trinajstić information content (AvgIpc) is 2.37. The van der Waals surface area contributed by atoms with Crippen molar-refractivity contribution in [3.05, 3.63) is 57.8 Å². The lowest BCUT2D eigenvalue weighted by molar-refractivity contribution is -0.386. The Kier molecular flexibility index (Phi) is 3.61. The molecule has 0 amide bonds. The van der Waals surface area contributed by atoms with Crippen LogP contribution >= 0.6 is 0 Å². The van der Waals surface area contributed by atoms with Crippen LogP contribution in [0.2, 0.25) is 0 Å². The van der Waals surface area contributed by atoms with Gasteiger partial charge in [0.2, 0.25) is 0 Å². The van der Waals surface area contributed by atoms with Crippen LogP contribution in [0, 0.1) is 17.0 Å². The van der Waals surface area contributed by atoms with E-state index in [1.807, 2.05) is 0 Å². The smallest absolute Gasteiger partial charge is 0.311 e. The number of pyridine rings is 1. The van der Waals surface area contributed by atoms with E-state index < -0.39 is 4.92 Å². The van der Waals surface area contributed by atoms with Crippen molar-refractivity contribution < 1.29 is 9.66 Å². The number of nitrogens with two attached hydrogens (primary N) is 1. The van der Waals surface area contributed by atoms with Gasteiger partial charge in [0.05, 0.1) is 4.92 Å². The van der Waals surface area contributed by atoms with Gasteiger partial charge in [-0.15, -0.1) is 0 Å². The van der Waals surface area contributed by atoms with Crippen LogP contribution in [0.15, 0.2) is 36.5 Å². The van der Waals surface area contributed by atoms with Crippen molar-refractivity contribution in [3.8, 4) is 5.75 Å². The maximum absolute atomic E-state index is 10.9. The summed E-state index contributed by atoms with van der Waals surface area (Å²) in [5.41, 5.74) is 7.05. The van der Waals surface area contributed by atoms with Gasteiger partial charge in [0.1, 0.15) is 12.4 Å². The highest BCUT2D eigenvalue weighted by atomic mass is 16.6. The first-order valence-corrected chi connectivity index (χ1v) is 5.65. The molecule has 19 heavy (non-hydrogen) atoms. The van der Waals surface area contributed by atoms with Gasteiger partial charge in [-0.3, -0.25) is 10.1 Å². The molecule has 0 bridgehead atoms. The molecule has 0 fully saturated rings. The van der Waals surface area contributed by atoms with Gasteiger partial charge < -0.3 is 10.5 Å². The number of benzene rings is 1. The third kappa shape index (κ3) is 2.98. The molecule has 98 valence electrons. The Bertz CT molecular complexity index is 614. The number of hydrogen-bond donors (Lipinski definition) is 1. The topological polar surface area (TPSA) is 91.3 Å². The Morgan fingerprint density at radius 2 is 2.21 bits per heavy atom. The summed E-state index contributed by atoms with van der Waals surface area (Å²) in [5, 5.41) is 10.9. The first-order valence-electron chi connectivity index (χ1n) is 5.65. The molecule has 0 radical (unpaired) electrons. The number of nitrogen functional groups attached to an aromatic ring is 1. The summed E-state index contributed by atoms with van der Waals surface area (Å²) < 4.78 is 5.55. The van der Waals surface area contributed by atoms with Crippen molar-refractivity contribution in [2.24, 2.45) is 0 Å². The number of aromatic nitrogens is 1. The van der Waals surface area contributed by atoms with E-state index in [9.17, 15) is 10.1 Å². The summed E-state index contributed by atoms with van der Waals surface area (Å²) >= 11 is 0. The van der Waals surface area contributed by atoms with E-state index in [1.165, 1.54) is 6.07 Å². The number of ether oxygens (including phenoxy) is 1. The molecule has 0 aliphatic rings. The van der Waals surface area contributed by atoms with Gasteiger partial charge in [0, 0.05) is 12.3 Å². The summed E-state index contributed by atoms with van der Waals surface area (Å²) in [7, 11) is 0. The van der Waals surface area contributed by atoms with Crippen LogP contribution in [-0.4, -0.2) is 9.91 Å². The van der Waals surface area contributed by atoms with Gasteiger partial charge in [0.25, 0.3) is 0 Å². The lowest BCUT2D eigenvalue weighted by Gasteiger charge is -2.09. The highest BCUT2D eigenvalue weighted by Gasteiger charge is 2.16. The predicted molar refractivity (Wildman–Crippen MR) is 70.8 cm³/mol. The predicted octanol–water partition coefficient (Wildman–Crippen LogP) is 2.46. The number of rotatable bonds is 4. The minimum Gasteiger partial charge on any atom is -0.482 e. The number of nitrogens with zero attached hydrogens (tertiary/aromatic N) is 2. The van der Waals surface area contributed by atoms with Gasteiger partial charge >= 0.3 is 5.69 Å². The van der Waals surface area contributed by atoms with Crippen LogP contribution in [-0.2, 0) is 6.61 Å². The summed E-state index contributed by atoms with van der Waals surface area (Å²) in [6.07, 6.45) is 1.57. The SMILES string of the molecule is Cc1cccc([N+](=O)[O-])c1OCc1ccnc(N)c1. The van der Waals surface area contributed by atoms with Crippen LogP contribution in [0.4, 0.5) is 11.5 Å². The molecule has 2 aromatic rings. The minimum atomic E-state index is -0.455. The van der Waals surface area contributed by atoms with E-state index in [-0.39, 0.29) is 18.0 Å². The first-order chi connectivity index (χ1) is 9.08. The van der Waals surface area contributed by atoms with Gasteiger partial charge in [-0.2, -0.15) is 0 Å². The average molecular weight is 259 g/mol. The largest absolute Gasteiger partial charge is 0.482 e. The van der Waals surface area contributed by atoms with E-state index >= 15 is 0 Å². The number of nitro benzene ring substituents is 1. The molecule has 0 atom stereocenters. The number of aryl methyl sites for hydroxylation is 1. The van der Waals surface area contributed by atoms with Crippen molar-refractivity contribution >= 4 is 11.5 Å². The third-order valence-electron chi connectivity index (χ3n) is 2.62. The van der Waals surface area contributed by atoms with E-state index in [2.05, 4.69) is 4.98 Å². The lowest BCUT2D eigenvalue weighted by Crippen LogP contribution is -2.02. The second-order valence-corrected chi connectivity index (χ2v) is 4.06. The highest BCUT2D eigenvalue weighted by Crippen LogP contribution is 2.30. The summed E-state index contributed by atoms with van der Waals surface area (Å²) in [6.45, 7) is 1.97. The van der Waals surface area contributed by atoms with Gasteiger partial charge in [-0.05, 0) is 30.2 Å². The normalized spacial score (nSPS) is 10.2. The van der Waals surface area contributed by atoms with Crippen LogP contribution in [0.5, 0.6) is 5.75 Å². The second-order valence-electron chi connectivity index (χ2n) is 4.06. The standard InChI is InChI=1S/C13H13N3O3/c1-9-3-2-4-11(16(17)18)13(9)19-8-10-5-6-15-12(14)7-10/h2-7H,8H2,1H3,(H2,14,15). The Balaban J connectivity index is 2.22. The Morgan fingerprint density at radius 3 is 2.89 bits per heavy atom. The zero-order valence-electron chi connectivity index (χ0n) is 10.4. The molecular weight excluding hydrogens is 246 g/mol. The molecule has 6 heteroatoms. The van der Waals surface area contributed by atoms with Crippen LogP contribution in [0.1, 0.15) is 11.1 Å². The fourth-order valence-corrected chi connectivity index (χ4v) is 1.71. The number of anilines is 1. The van der Waals surface area contributed by atoms with Gasteiger partial charge in [-0.25, -0.2) is 4.98 Å². The molecule has 1 aromatic heterocycles. The van der Waals surface area contributed by atoms with Gasteiger partial charge in [0.15, 0.2) is 5.75 Å². The molecule has 0 spiro atoms. The molecular formula is C13H13N3O3. The van der Waals surface area contributed by atoms with Crippen LogP contribution in [0.3, 0.4) is 0 Å². The monoisotopic (exact) mass is 259 g/mol. The molecule has 0 aliphatic carbocycles. The maximum Gasteiger partial charge on any atom is 0.311 e. The third-order valence-corrected chi connectivity index (χ3v) is 2.62. The molecule has 1 heterocycles. The molecule has 0 unspecified atom stereocenters. The quantitative estimate of drug-likeness (QED) is 0.672. The lowest BCUT2D eigenvalue weighted by atomic mass is 10.2. The van der Waals surface area contributed by atoms with Gasteiger partial charge in [-0.1, -0.05) is 12.1 Å². The first kappa shape index (κ1) is 12.8. The minimum absolute atomic E-state index is 0.0398. The summed E-state index contributed by atoms with van der Waals surface area (Å²) in [4.78, 5) is 14.4. The second kappa shape index (κ2) is 5.34. The zero-order chi connectivity index (χ0) is 13.8. The van der Waals surface area contributed by atoms with Crippen LogP contribution < -0.4 is 10.5 Å². The Hall–Kier alpha value is -2.63. The van der Waals surface area contributed by atoms with E-state index in [0.29, 0.717) is 5.82 Å². The van der Waals surface area contributed by atoms with E-state index in [1.54, 1.807) is 37.4 Å². The summed E-state index contributed by atoms with van der Waals surface area (Å²) in [6, 6.07) is 8.24. The van der Waals surface area contributed by atoms with Crippen molar-refractivity contribution in [2.75, 3.05) is 5.73 Å². The van der Waals surface area contributed by atoms with E-state index in [4.69, 9.17) is 10.5 Å². The zero-order valence-corrected chi connectivity index (χ0v) is 10.4. The van der Waals surface area contributed by atoms with Crippen molar-refractivity contribution in [2.45, 2.75) is 13.5 Å². The van der Waals surface area contributed by atoms with E-state index in [0.717, 1.165) is 11.1 Å². The Morgan fingerprint density at radius 1 is 1.42 bits per heavy atom. The summed E-state index contributed by atoms with van der Waals surface area (Å²) in [5.74, 6) is 0.670. The molecule has 0 aliphatic heterocycles. The van der Waals surface area contributed by atoms with Crippen LogP contribution in [0.25, 0.3) is 0 Å². The molecule has 6 nitrogen and oxygen atoms in total. The fourth-order valence-electron chi connectivity index (χ4n) is 1.71. The number of para-hydroxylation sites is 1. The number of nitro groups is 1. The van der Waals surface area contributed by atoms with Crippen molar-refractivity contribution in [3.63, 3.8) is 0 Å². The molecule has 0 saturated heterocycles. The fraction of sp³-hybridized carbons (Fsp3) is 0.154. The van der Waals surface area contributed by atoms with Crippen molar-refractivity contribution in [1.82, 2.24) is 4.98 Å². The number of hydrogen-bond acceptors (Lipinski definition) is 5. The maximum atomic E-state index is 10.9. The molecule has 0 saturated carbocycles.